The van der Waals surface area contributed by atoms with Gasteiger partial charge in [0.05, 0.1) is 0 Å². The summed E-state index contributed by atoms with van der Waals surface area (Å²) in [6, 6.07) is 18.4. The fourth-order valence-corrected chi connectivity index (χ4v) is 2.59. The molecule has 3 aromatic rings. The fraction of sp³-hybridized carbons (Fsp3) is 0.130. The number of phenolic OH excluding ortho intramolecular Hbond substituents is 1. The molecule has 5 heteroatoms. The Hall–Kier alpha value is -3.60. The highest BCUT2D eigenvalue weighted by molar-refractivity contribution is 5.91. The molecule has 0 saturated carbocycles. The van der Waals surface area contributed by atoms with Gasteiger partial charge in [-0.3, -0.25) is 9.78 Å². The first kappa shape index (κ1) is 19.2. The number of nitrogens with zero attached hydrogens (tertiary/aromatic N) is 1. The normalized spacial score (nSPS) is 10.7. The van der Waals surface area contributed by atoms with E-state index in [1.807, 2.05) is 42.5 Å². The number of nitrogens with one attached hydrogen (secondary N) is 1. The fourth-order valence-electron chi connectivity index (χ4n) is 2.59. The number of ether oxygens (including phenoxy) is 1. The number of carbonyl (C=O) groups excluding carboxylic acids is 1. The van der Waals surface area contributed by atoms with Gasteiger partial charge in [0.15, 0.2) is 0 Å². The first-order chi connectivity index (χ1) is 13.7. The minimum atomic E-state index is -0.166. The molecule has 28 heavy (non-hydrogen) atoms. The van der Waals surface area contributed by atoms with E-state index in [0.29, 0.717) is 13.2 Å². The molecular formula is C23H22N2O3. The van der Waals surface area contributed by atoms with Crippen LogP contribution < -0.4 is 10.1 Å². The van der Waals surface area contributed by atoms with Crippen LogP contribution in [0.1, 0.15) is 16.7 Å². The van der Waals surface area contributed by atoms with Crippen LogP contribution in [0.25, 0.3) is 6.08 Å². The van der Waals surface area contributed by atoms with Gasteiger partial charge >= 0.3 is 0 Å². The highest BCUT2D eigenvalue weighted by Crippen LogP contribution is 2.14. The van der Waals surface area contributed by atoms with Crippen LogP contribution >= 0.6 is 0 Å². The summed E-state index contributed by atoms with van der Waals surface area (Å²) >= 11 is 0. The summed E-state index contributed by atoms with van der Waals surface area (Å²) in [6.45, 7) is 1.05. The van der Waals surface area contributed by atoms with Gasteiger partial charge < -0.3 is 15.2 Å². The summed E-state index contributed by atoms with van der Waals surface area (Å²) in [5, 5.41) is 12.3. The van der Waals surface area contributed by atoms with Crippen molar-refractivity contribution in [2.24, 2.45) is 0 Å². The molecule has 5 nitrogen and oxygen atoms in total. The third-order valence-electron chi connectivity index (χ3n) is 4.09. The molecule has 0 spiro atoms. The topological polar surface area (TPSA) is 71.5 Å². The summed E-state index contributed by atoms with van der Waals surface area (Å²) in [6.07, 6.45) is 7.36. The number of aromatic nitrogens is 1. The second-order valence-corrected chi connectivity index (χ2v) is 6.26. The van der Waals surface area contributed by atoms with Gasteiger partial charge in [-0.1, -0.05) is 24.3 Å². The third-order valence-corrected chi connectivity index (χ3v) is 4.09. The van der Waals surface area contributed by atoms with Crippen molar-refractivity contribution < 1.29 is 14.6 Å². The van der Waals surface area contributed by atoms with Gasteiger partial charge in [0.1, 0.15) is 18.1 Å². The van der Waals surface area contributed by atoms with E-state index in [2.05, 4.69) is 10.3 Å². The molecule has 0 fully saturated rings. The lowest BCUT2D eigenvalue weighted by Crippen LogP contribution is -2.23. The van der Waals surface area contributed by atoms with Crippen LogP contribution in [0.4, 0.5) is 0 Å². The number of carbonyl (C=O) groups is 1. The summed E-state index contributed by atoms with van der Waals surface area (Å²) in [5.41, 5.74) is 2.96. The van der Waals surface area contributed by atoms with E-state index in [1.54, 1.807) is 36.7 Å². The molecule has 0 unspecified atom stereocenters. The standard InChI is InChI=1S/C23H22N2O3/c26-21-3-1-2-19(16-21)6-9-23(27)25-15-12-18-4-7-22(8-5-18)28-17-20-10-13-24-14-11-20/h1-11,13-14,16,26H,12,15,17H2,(H,25,27)/b9-6+. The van der Waals surface area contributed by atoms with E-state index in [-0.39, 0.29) is 11.7 Å². The number of rotatable bonds is 8. The molecule has 1 amide bonds. The summed E-state index contributed by atoms with van der Waals surface area (Å²) in [4.78, 5) is 15.9. The number of aromatic hydroxyl groups is 1. The van der Waals surface area contributed by atoms with Crippen LogP contribution in [-0.2, 0) is 17.8 Å². The largest absolute Gasteiger partial charge is 0.508 e. The van der Waals surface area contributed by atoms with Crippen molar-refractivity contribution in [2.75, 3.05) is 6.54 Å². The van der Waals surface area contributed by atoms with Crippen LogP contribution in [0.5, 0.6) is 11.5 Å². The van der Waals surface area contributed by atoms with Crippen molar-refractivity contribution in [3.05, 3.63) is 95.8 Å². The van der Waals surface area contributed by atoms with Crippen molar-refractivity contribution >= 4 is 12.0 Å². The third kappa shape index (κ3) is 6.29. The van der Waals surface area contributed by atoms with Crippen LogP contribution in [0.15, 0.2) is 79.1 Å². The molecule has 0 atom stereocenters. The molecule has 2 aromatic carbocycles. The molecule has 0 radical (unpaired) electrons. The highest BCUT2D eigenvalue weighted by atomic mass is 16.5. The van der Waals surface area contributed by atoms with Crippen molar-refractivity contribution in [1.82, 2.24) is 10.3 Å². The minimum absolute atomic E-state index is 0.166. The predicted octanol–water partition coefficient (Wildman–Crippen LogP) is 3.74. The van der Waals surface area contributed by atoms with Crippen molar-refractivity contribution in [2.45, 2.75) is 13.0 Å². The van der Waals surface area contributed by atoms with E-state index in [0.717, 1.165) is 28.9 Å². The van der Waals surface area contributed by atoms with Gasteiger partial charge in [-0.05, 0) is 65.6 Å². The first-order valence-electron chi connectivity index (χ1n) is 9.05. The van der Waals surface area contributed by atoms with Crippen molar-refractivity contribution in [1.29, 1.82) is 0 Å². The first-order valence-corrected chi connectivity index (χ1v) is 9.05. The Morgan fingerprint density at radius 2 is 1.82 bits per heavy atom. The molecule has 0 aliphatic rings. The van der Waals surface area contributed by atoms with Crippen molar-refractivity contribution in [3.8, 4) is 11.5 Å². The predicted molar refractivity (Wildman–Crippen MR) is 109 cm³/mol. The SMILES string of the molecule is O=C(/C=C/c1cccc(O)c1)NCCc1ccc(OCc2ccncc2)cc1. The monoisotopic (exact) mass is 374 g/mol. The number of pyridine rings is 1. The zero-order valence-electron chi connectivity index (χ0n) is 15.4. The minimum Gasteiger partial charge on any atom is -0.508 e. The second kappa shape index (κ2) is 9.92. The number of benzene rings is 2. The number of phenols is 1. The van der Waals surface area contributed by atoms with Crippen molar-refractivity contribution in [3.63, 3.8) is 0 Å². The lowest BCUT2D eigenvalue weighted by molar-refractivity contribution is -0.116. The molecule has 1 aromatic heterocycles. The maximum atomic E-state index is 11.9. The average molecular weight is 374 g/mol. The Morgan fingerprint density at radius 3 is 2.57 bits per heavy atom. The lowest BCUT2D eigenvalue weighted by atomic mass is 10.1. The molecule has 142 valence electrons. The molecular weight excluding hydrogens is 352 g/mol. The van der Waals surface area contributed by atoms with Gasteiger partial charge in [-0.2, -0.15) is 0 Å². The Bertz CT molecular complexity index is 922. The van der Waals surface area contributed by atoms with E-state index < -0.39 is 0 Å². The van der Waals surface area contributed by atoms with E-state index in [9.17, 15) is 9.90 Å². The van der Waals surface area contributed by atoms with E-state index in [1.165, 1.54) is 6.08 Å². The van der Waals surface area contributed by atoms with Crippen LogP contribution in [0.2, 0.25) is 0 Å². The molecule has 0 saturated heterocycles. The van der Waals surface area contributed by atoms with Crippen LogP contribution in [0.3, 0.4) is 0 Å². The number of amides is 1. The molecule has 2 N–H and O–H groups in total. The van der Waals surface area contributed by atoms with E-state index >= 15 is 0 Å². The Kier molecular flexibility index (Phi) is 6.79. The van der Waals surface area contributed by atoms with Gasteiger partial charge in [0.2, 0.25) is 5.91 Å². The summed E-state index contributed by atoms with van der Waals surface area (Å²) in [7, 11) is 0. The molecule has 0 bridgehead atoms. The summed E-state index contributed by atoms with van der Waals surface area (Å²) in [5.74, 6) is 0.815. The number of hydrogen-bond donors (Lipinski definition) is 2. The zero-order valence-corrected chi connectivity index (χ0v) is 15.4. The van der Waals surface area contributed by atoms with Gasteiger partial charge in [-0.25, -0.2) is 0 Å². The highest BCUT2D eigenvalue weighted by Gasteiger charge is 2.00. The number of hydrogen-bond acceptors (Lipinski definition) is 4. The van der Waals surface area contributed by atoms with Gasteiger partial charge in [-0.15, -0.1) is 0 Å². The zero-order chi connectivity index (χ0) is 19.6. The van der Waals surface area contributed by atoms with Crippen LogP contribution in [0, 0.1) is 0 Å². The maximum Gasteiger partial charge on any atom is 0.244 e. The van der Waals surface area contributed by atoms with Gasteiger partial charge in [0, 0.05) is 25.0 Å². The summed E-state index contributed by atoms with van der Waals surface area (Å²) < 4.78 is 5.75. The van der Waals surface area contributed by atoms with E-state index in [4.69, 9.17) is 4.74 Å². The second-order valence-electron chi connectivity index (χ2n) is 6.26. The molecule has 0 aliphatic heterocycles. The lowest BCUT2D eigenvalue weighted by Gasteiger charge is -2.07. The molecule has 1 heterocycles. The Morgan fingerprint density at radius 1 is 1.04 bits per heavy atom. The average Bonchev–Trinajstić information content (AvgIpc) is 2.72. The Labute approximate surface area is 164 Å². The van der Waals surface area contributed by atoms with Crippen LogP contribution in [-0.4, -0.2) is 22.5 Å². The smallest absolute Gasteiger partial charge is 0.244 e. The Balaban J connectivity index is 1.40. The maximum absolute atomic E-state index is 11.9. The molecule has 3 rings (SSSR count). The quantitative estimate of drug-likeness (QED) is 0.589. The molecule has 0 aliphatic carbocycles. The van der Waals surface area contributed by atoms with Gasteiger partial charge in [0.25, 0.3) is 0 Å².